The second kappa shape index (κ2) is 6.18. The molecule has 1 unspecified atom stereocenters. The number of nitrogens with two attached hydrogens (primary N) is 1. The Hall–Kier alpha value is -2.37. The van der Waals surface area contributed by atoms with Crippen LogP contribution in [0.25, 0.3) is 0 Å². The van der Waals surface area contributed by atoms with Crippen LogP contribution >= 0.6 is 0 Å². The molecule has 0 radical (unpaired) electrons. The maximum absolute atomic E-state index is 12.1. The number of hydrogen-bond acceptors (Lipinski definition) is 3. The molecule has 0 saturated heterocycles. The van der Waals surface area contributed by atoms with E-state index in [0.29, 0.717) is 12.8 Å². The second-order valence-corrected chi connectivity index (χ2v) is 4.79. The third-order valence-electron chi connectivity index (χ3n) is 3.02. The van der Waals surface area contributed by atoms with Gasteiger partial charge in [-0.2, -0.15) is 0 Å². The number of aliphatic carboxylic acids is 1. The predicted molar refractivity (Wildman–Crippen MR) is 73.4 cm³/mol. The Morgan fingerprint density at radius 2 is 1.90 bits per heavy atom. The summed E-state index contributed by atoms with van der Waals surface area (Å²) in [5.41, 5.74) is 4.20. The molecule has 1 aromatic rings. The molecular weight excluding hydrogens is 260 g/mol. The van der Waals surface area contributed by atoms with E-state index < -0.39 is 23.3 Å². The van der Waals surface area contributed by atoms with E-state index in [4.69, 9.17) is 5.73 Å². The van der Waals surface area contributed by atoms with E-state index in [2.05, 4.69) is 5.32 Å². The van der Waals surface area contributed by atoms with Crippen LogP contribution in [-0.2, 0) is 4.79 Å². The standard InChI is InChI=1S/C14H18N2O4/c1-3-7-14(2,13(19)20)16-12(18)10-6-4-5-9(8-10)11(15)17/h4-6,8H,3,7H2,1-2H3,(H2,15,17)(H,16,18)(H,19,20). The number of primary amides is 1. The molecule has 1 aromatic carbocycles. The molecule has 4 N–H and O–H groups in total. The van der Waals surface area contributed by atoms with Gasteiger partial charge in [0.05, 0.1) is 0 Å². The fourth-order valence-electron chi connectivity index (χ4n) is 1.86. The van der Waals surface area contributed by atoms with Crippen molar-refractivity contribution in [2.24, 2.45) is 5.73 Å². The molecular formula is C14H18N2O4. The molecule has 2 amide bonds. The predicted octanol–water partition coefficient (Wildman–Crippen LogP) is 1.16. The van der Waals surface area contributed by atoms with Gasteiger partial charge in [0.15, 0.2) is 0 Å². The van der Waals surface area contributed by atoms with Gasteiger partial charge in [-0.3, -0.25) is 9.59 Å². The van der Waals surface area contributed by atoms with Crippen LogP contribution in [0.3, 0.4) is 0 Å². The summed E-state index contributed by atoms with van der Waals surface area (Å²) in [6.07, 6.45) is 0.925. The van der Waals surface area contributed by atoms with Gasteiger partial charge < -0.3 is 16.2 Å². The largest absolute Gasteiger partial charge is 0.480 e. The maximum Gasteiger partial charge on any atom is 0.329 e. The molecule has 108 valence electrons. The zero-order valence-corrected chi connectivity index (χ0v) is 11.5. The number of hydrogen-bond donors (Lipinski definition) is 3. The minimum atomic E-state index is -1.34. The summed E-state index contributed by atoms with van der Waals surface area (Å²) in [5, 5.41) is 11.7. The first-order chi connectivity index (χ1) is 9.30. The van der Waals surface area contributed by atoms with Crippen molar-refractivity contribution in [2.75, 3.05) is 0 Å². The Kier molecular flexibility index (Phi) is 4.85. The van der Waals surface area contributed by atoms with Gasteiger partial charge in [-0.1, -0.05) is 19.4 Å². The van der Waals surface area contributed by atoms with E-state index >= 15 is 0 Å². The molecule has 0 aromatic heterocycles. The number of amides is 2. The Bertz CT molecular complexity index is 542. The number of benzene rings is 1. The van der Waals surface area contributed by atoms with Crippen LogP contribution < -0.4 is 11.1 Å². The van der Waals surface area contributed by atoms with Gasteiger partial charge in [0.2, 0.25) is 5.91 Å². The Morgan fingerprint density at radius 1 is 1.30 bits per heavy atom. The molecule has 0 aliphatic rings. The summed E-state index contributed by atoms with van der Waals surface area (Å²) in [6, 6.07) is 5.84. The highest BCUT2D eigenvalue weighted by molar-refractivity contribution is 6.00. The first-order valence-electron chi connectivity index (χ1n) is 6.26. The number of carbonyl (C=O) groups is 3. The molecule has 0 aliphatic carbocycles. The molecule has 0 aliphatic heterocycles. The van der Waals surface area contributed by atoms with Crippen molar-refractivity contribution in [2.45, 2.75) is 32.2 Å². The van der Waals surface area contributed by atoms with Crippen LogP contribution in [0.15, 0.2) is 24.3 Å². The number of carbonyl (C=O) groups excluding carboxylic acids is 2. The Balaban J connectivity index is 2.98. The first kappa shape index (κ1) is 15.7. The van der Waals surface area contributed by atoms with Crippen molar-refractivity contribution in [3.63, 3.8) is 0 Å². The van der Waals surface area contributed by atoms with Crippen LogP contribution in [0.4, 0.5) is 0 Å². The summed E-state index contributed by atoms with van der Waals surface area (Å²) in [6.45, 7) is 3.29. The van der Waals surface area contributed by atoms with E-state index in [-0.39, 0.29) is 11.1 Å². The highest BCUT2D eigenvalue weighted by Crippen LogP contribution is 2.14. The quantitative estimate of drug-likeness (QED) is 0.725. The molecule has 0 fully saturated rings. The van der Waals surface area contributed by atoms with Crippen molar-refractivity contribution in [3.05, 3.63) is 35.4 Å². The molecule has 1 rings (SSSR count). The average molecular weight is 278 g/mol. The van der Waals surface area contributed by atoms with E-state index in [1.807, 2.05) is 6.92 Å². The summed E-state index contributed by atoms with van der Waals surface area (Å²) in [4.78, 5) is 34.4. The number of carboxylic acids is 1. The summed E-state index contributed by atoms with van der Waals surface area (Å²) in [5.74, 6) is -2.29. The third kappa shape index (κ3) is 3.57. The second-order valence-electron chi connectivity index (χ2n) is 4.79. The van der Waals surface area contributed by atoms with Crippen LogP contribution in [0.5, 0.6) is 0 Å². The molecule has 0 spiro atoms. The van der Waals surface area contributed by atoms with Gasteiger partial charge in [-0.15, -0.1) is 0 Å². The lowest BCUT2D eigenvalue weighted by atomic mass is 9.95. The van der Waals surface area contributed by atoms with Crippen LogP contribution in [-0.4, -0.2) is 28.4 Å². The van der Waals surface area contributed by atoms with Crippen LogP contribution in [0.2, 0.25) is 0 Å². The Labute approximate surface area is 117 Å². The average Bonchev–Trinajstić information content (AvgIpc) is 2.38. The lowest BCUT2D eigenvalue weighted by Gasteiger charge is -2.25. The van der Waals surface area contributed by atoms with Gasteiger partial charge >= 0.3 is 5.97 Å². The smallest absolute Gasteiger partial charge is 0.329 e. The lowest BCUT2D eigenvalue weighted by Crippen LogP contribution is -2.52. The van der Waals surface area contributed by atoms with E-state index in [9.17, 15) is 19.5 Å². The van der Waals surface area contributed by atoms with Gasteiger partial charge in [0.1, 0.15) is 5.54 Å². The molecule has 0 saturated carbocycles. The van der Waals surface area contributed by atoms with Crippen molar-refractivity contribution in [1.82, 2.24) is 5.32 Å². The summed E-state index contributed by atoms with van der Waals surface area (Å²) in [7, 11) is 0. The van der Waals surface area contributed by atoms with E-state index in [1.165, 1.54) is 31.2 Å². The number of nitrogens with one attached hydrogen (secondary N) is 1. The van der Waals surface area contributed by atoms with Crippen molar-refractivity contribution >= 4 is 17.8 Å². The highest BCUT2D eigenvalue weighted by Gasteiger charge is 2.34. The Morgan fingerprint density at radius 3 is 2.40 bits per heavy atom. The number of rotatable bonds is 6. The maximum atomic E-state index is 12.1. The highest BCUT2D eigenvalue weighted by atomic mass is 16.4. The van der Waals surface area contributed by atoms with E-state index in [1.54, 1.807) is 0 Å². The molecule has 6 heteroatoms. The lowest BCUT2D eigenvalue weighted by molar-refractivity contribution is -0.144. The third-order valence-corrected chi connectivity index (χ3v) is 3.02. The van der Waals surface area contributed by atoms with Crippen molar-refractivity contribution < 1.29 is 19.5 Å². The molecule has 20 heavy (non-hydrogen) atoms. The molecule has 0 heterocycles. The van der Waals surface area contributed by atoms with Gasteiger partial charge in [0, 0.05) is 11.1 Å². The molecule has 6 nitrogen and oxygen atoms in total. The topological polar surface area (TPSA) is 109 Å². The van der Waals surface area contributed by atoms with Crippen molar-refractivity contribution in [1.29, 1.82) is 0 Å². The van der Waals surface area contributed by atoms with Crippen molar-refractivity contribution in [3.8, 4) is 0 Å². The normalized spacial score (nSPS) is 13.3. The molecule has 1 atom stereocenters. The zero-order chi connectivity index (χ0) is 15.3. The first-order valence-corrected chi connectivity index (χ1v) is 6.26. The number of carboxylic acid groups (broad SMARTS) is 1. The van der Waals surface area contributed by atoms with Crippen LogP contribution in [0, 0.1) is 0 Å². The zero-order valence-electron chi connectivity index (χ0n) is 11.5. The summed E-state index contributed by atoms with van der Waals surface area (Å²) < 4.78 is 0. The SMILES string of the molecule is CCCC(C)(NC(=O)c1cccc(C(N)=O)c1)C(=O)O. The monoisotopic (exact) mass is 278 g/mol. The van der Waals surface area contributed by atoms with Gasteiger partial charge in [-0.05, 0) is 31.5 Å². The van der Waals surface area contributed by atoms with E-state index in [0.717, 1.165) is 0 Å². The minimum absolute atomic E-state index is 0.199. The summed E-state index contributed by atoms with van der Waals surface area (Å²) >= 11 is 0. The minimum Gasteiger partial charge on any atom is -0.480 e. The fourth-order valence-corrected chi connectivity index (χ4v) is 1.86. The van der Waals surface area contributed by atoms with Gasteiger partial charge in [0.25, 0.3) is 5.91 Å². The fraction of sp³-hybridized carbons (Fsp3) is 0.357. The van der Waals surface area contributed by atoms with Gasteiger partial charge in [-0.25, -0.2) is 4.79 Å². The molecule has 0 bridgehead atoms. The van der Waals surface area contributed by atoms with Crippen LogP contribution in [0.1, 0.15) is 47.4 Å².